The summed E-state index contributed by atoms with van der Waals surface area (Å²) in [6, 6.07) is 9.55. The van der Waals surface area contributed by atoms with Crippen molar-refractivity contribution in [3.63, 3.8) is 0 Å². The Morgan fingerprint density at radius 1 is 1.24 bits per heavy atom. The van der Waals surface area contributed by atoms with Crippen molar-refractivity contribution >= 4 is 16.0 Å². The highest BCUT2D eigenvalue weighted by Crippen LogP contribution is 2.49. The lowest BCUT2D eigenvalue weighted by Gasteiger charge is -2.30. The van der Waals surface area contributed by atoms with Crippen LogP contribution in [0.25, 0.3) is 11.1 Å². The minimum absolute atomic E-state index is 0.0374. The van der Waals surface area contributed by atoms with Crippen LogP contribution in [0.4, 0.5) is 8.78 Å². The summed E-state index contributed by atoms with van der Waals surface area (Å²) in [7, 11) is -3.77. The number of aliphatic carboxylic acids is 1. The number of hydrogen-bond donors (Lipinski definition) is 2. The van der Waals surface area contributed by atoms with Crippen LogP contribution in [0.2, 0.25) is 0 Å². The molecule has 1 unspecified atom stereocenters. The van der Waals surface area contributed by atoms with Gasteiger partial charge in [-0.1, -0.05) is 30.7 Å². The predicted molar refractivity (Wildman–Crippen MR) is 119 cm³/mol. The van der Waals surface area contributed by atoms with Crippen LogP contribution in [0.5, 0.6) is 11.5 Å². The molecule has 1 aliphatic rings. The van der Waals surface area contributed by atoms with E-state index in [1.54, 1.807) is 44.2 Å². The number of fused-ring (bicyclic) bond motifs is 3. The number of unbranched alkanes of at least 4 members (excludes halogenated alkanes) is 1. The topological polar surface area (TPSA) is 116 Å². The van der Waals surface area contributed by atoms with Crippen molar-refractivity contribution in [1.29, 1.82) is 0 Å². The second-order valence-electron chi connectivity index (χ2n) is 8.78. The number of ether oxygens (including phenoxy) is 2. The van der Waals surface area contributed by atoms with Gasteiger partial charge in [0.15, 0.2) is 0 Å². The molecule has 1 atom stereocenters. The number of halogens is 2. The fourth-order valence-electron chi connectivity index (χ4n) is 3.93. The van der Waals surface area contributed by atoms with Crippen LogP contribution in [0.3, 0.4) is 0 Å². The predicted octanol–water partition coefficient (Wildman–Crippen LogP) is 4.85. The summed E-state index contributed by atoms with van der Waals surface area (Å²) in [5.41, 5.74) is 1.24. The van der Waals surface area contributed by atoms with Crippen molar-refractivity contribution in [2.24, 2.45) is 10.6 Å². The van der Waals surface area contributed by atoms with E-state index in [9.17, 15) is 27.1 Å². The molecule has 0 saturated heterocycles. The Morgan fingerprint density at radius 2 is 1.97 bits per heavy atom. The van der Waals surface area contributed by atoms with Gasteiger partial charge in [-0.25, -0.2) is 13.6 Å². The summed E-state index contributed by atoms with van der Waals surface area (Å²) >= 11 is 0. The van der Waals surface area contributed by atoms with Gasteiger partial charge in [-0.05, 0) is 56.4 Å². The van der Waals surface area contributed by atoms with Crippen LogP contribution >= 0.6 is 0 Å². The number of hydrogen-bond acceptors (Lipinski definition) is 5. The van der Waals surface area contributed by atoms with Crippen LogP contribution in [-0.4, -0.2) is 26.1 Å². The monoisotopic (exact) mass is 483 g/mol. The Balaban J connectivity index is 1.92. The van der Waals surface area contributed by atoms with E-state index in [1.807, 2.05) is 0 Å². The van der Waals surface area contributed by atoms with E-state index >= 15 is 0 Å². The molecule has 0 bridgehead atoms. The number of carbonyl (C=O) groups is 1. The van der Waals surface area contributed by atoms with Crippen molar-refractivity contribution < 1.29 is 36.6 Å². The number of carboxylic acid groups (broad SMARTS) is 1. The van der Waals surface area contributed by atoms with Gasteiger partial charge in [-0.15, -0.1) is 0 Å². The lowest BCUT2D eigenvalue weighted by Crippen LogP contribution is -2.23. The molecular weight excluding hydrogens is 456 g/mol. The molecule has 2 aromatic rings. The molecule has 3 N–H and O–H groups in total. The fourth-order valence-corrected chi connectivity index (χ4v) is 4.58. The Hall–Kier alpha value is -2.72. The highest BCUT2D eigenvalue weighted by Gasteiger charge is 2.31. The number of alkyl halides is 2. The molecule has 0 fully saturated rings. The first-order valence-corrected chi connectivity index (χ1v) is 12.2. The Bertz CT molecular complexity index is 1130. The van der Waals surface area contributed by atoms with Crippen LogP contribution in [0.1, 0.15) is 56.8 Å². The first-order valence-electron chi connectivity index (χ1n) is 10.5. The Morgan fingerprint density at radius 3 is 2.61 bits per heavy atom. The number of carboxylic acids is 1. The summed E-state index contributed by atoms with van der Waals surface area (Å²) in [5.74, 6) is -0.892. The number of rotatable bonds is 10. The Kier molecular flexibility index (Phi) is 7.28. The number of benzene rings is 2. The van der Waals surface area contributed by atoms with Crippen molar-refractivity contribution in [2.75, 3.05) is 0 Å². The number of nitrogens with two attached hydrogens (primary N) is 1. The third kappa shape index (κ3) is 6.20. The zero-order valence-corrected chi connectivity index (χ0v) is 19.2. The normalized spacial score (nSPS) is 15.5. The minimum Gasteiger partial charge on any atom is -0.485 e. The van der Waals surface area contributed by atoms with Gasteiger partial charge in [-0.2, -0.15) is 8.78 Å². The molecular formula is C23H27F2NO6S. The molecule has 180 valence electrons. The first-order chi connectivity index (χ1) is 15.4. The molecule has 0 spiro atoms. The summed E-state index contributed by atoms with van der Waals surface area (Å²) in [4.78, 5) is 11.3. The summed E-state index contributed by atoms with van der Waals surface area (Å²) < 4.78 is 59.9. The maximum Gasteiger partial charge on any atom is 0.387 e. The molecule has 0 amide bonds. The second kappa shape index (κ2) is 9.64. The molecule has 1 heterocycles. The summed E-state index contributed by atoms with van der Waals surface area (Å²) in [5, 5.41) is 14.5. The molecule has 0 aromatic heterocycles. The van der Waals surface area contributed by atoms with Crippen LogP contribution < -0.4 is 14.6 Å². The summed E-state index contributed by atoms with van der Waals surface area (Å²) in [6.07, 6.45) is 1.84. The van der Waals surface area contributed by atoms with Crippen molar-refractivity contribution in [3.8, 4) is 22.6 Å². The van der Waals surface area contributed by atoms with Gasteiger partial charge < -0.3 is 14.6 Å². The SMILES string of the molecule is CC(C)(CCCCC1Oc2cccc(OC(F)F)c2-c2ccc(CS(N)(=O)=O)cc21)C(=O)O. The molecule has 33 heavy (non-hydrogen) atoms. The van der Waals surface area contributed by atoms with Crippen molar-refractivity contribution in [2.45, 2.75) is 58.0 Å². The average Bonchev–Trinajstić information content (AvgIpc) is 2.69. The lowest BCUT2D eigenvalue weighted by molar-refractivity contribution is -0.147. The van der Waals surface area contributed by atoms with E-state index in [-0.39, 0.29) is 11.5 Å². The van der Waals surface area contributed by atoms with Gasteiger partial charge in [0, 0.05) is 5.56 Å². The minimum atomic E-state index is -3.77. The van der Waals surface area contributed by atoms with Gasteiger partial charge in [0.25, 0.3) is 0 Å². The highest BCUT2D eigenvalue weighted by atomic mass is 32.2. The third-order valence-corrected chi connectivity index (χ3v) is 6.41. The molecule has 2 aromatic carbocycles. The number of sulfonamides is 1. The Labute approximate surface area is 191 Å². The molecule has 3 rings (SSSR count). The van der Waals surface area contributed by atoms with Crippen LogP contribution in [0, 0.1) is 5.41 Å². The highest BCUT2D eigenvalue weighted by molar-refractivity contribution is 7.88. The van der Waals surface area contributed by atoms with Gasteiger partial charge in [-0.3, -0.25) is 4.79 Å². The van der Waals surface area contributed by atoms with Gasteiger partial charge in [0.05, 0.1) is 16.7 Å². The van der Waals surface area contributed by atoms with Crippen LogP contribution in [0.15, 0.2) is 36.4 Å². The lowest BCUT2D eigenvalue weighted by atomic mass is 9.85. The molecule has 0 aliphatic carbocycles. The standard InChI is InChI=1S/C23H27F2NO6S/c1-23(2,21(27)28)11-4-3-6-17-16-12-14(13-33(26,29)30)9-10-15(16)20-18(31-17)7-5-8-19(20)32-22(24)25/h5,7-10,12,17,22H,3-4,6,11,13H2,1-2H3,(H,27,28)(H2,26,29,30). The number of primary sulfonamides is 1. The average molecular weight is 484 g/mol. The third-order valence-electron chi connectivity index (χ3n) is 5.67. The first kappa shape index (κ1) is 24.9. The smallest absolute Gasteiger partial charge is 0.387 e. The van der Waals surface area contributed by atoms with E-state index < -0.39 is 34.1 Å². The van der Waals surface area contributed by atoms with Gasteiger partial charge in [0.1, 0.15) is 17.6 Å². The maximum absolute atomic E-state index is 13.0. The zero-order chi connectivity index (χ0) is 24.4. The largest absolute Gasteiger partial charge is 0.485 e. The molecule has 10 heteroatoms. The fraction of sp³-hybridized carbons (Fsp3) is 0.435. The maximum atomic E-state index is 13.0. The van der Waals surface area contributed by atoms with Crippen LogP contribution in [-0.2, 0) is 20.6 Å². The van der Waals surface area contributed by atoms with Crippen molar-refractivity contribution in [1.82, 2.24) is 0 Å². The zero-order valence-electron chi connectivity index (χ0n) is 18.4. The van der Waals surface area contributed by atoms with E-state index in [4.69, 9.17) is 9.88 Å². The second-order valence-corrected chi connectivity index (χ2v) is 10.4. The molecule has 0 saturated carbocycles. The van der Waals surface area contributed by atoms with Gasteiger partial charge in [0.2, 0.25) is 10.0 Å². The molecule has 7 nitrogen and oxygen atoms in total. The van der Waals surface area contributed by atoms with Crippen molar-refractivity contribution in [3.05, 3.63) is 47.5 Å². The van der Waals surface area contributed by atoms with Gasteiger partial charge >= 0.3 is 12.6 Å². The van der Waals surface area contributed by atoms with E-state index in [0.29, 0.717) is 53.7 Å². The van der Waals surface area contributed by atoms with E-state index in [0.717, 1.165) is 0 Å². The molecule has 1 aliphatic heterocycles. The van der Waals surface area contributed by atoms with E-state index in [1.165, 1.54) is 6.07 Å². The van der Waals surface area contributed by atoms with E-state index in [2.05, 4.69) is 4.74 Å². The quantitative estimate of drug-likeness (QED) is 0.467. The molecule has 0 radical (unpaired) electrons. The summed E-state index contributed by atoms with van der Waals surface area (Å²) in [6.45, 7) is 0.321.